The number of hydrogen-bond acceptors (Lipinski definition) is 3. The van der Waals surface area contributed by atoms with Gasteiger partial charge in [0.05, 0.1) is 12.2 Å². The van der Waals surface area contributed by atoms with Crippen LogP contribution in [-0.4, -0.2) is 38.6 Å². The topological polar surface area (TPSA) is 67.2 Å². The number of hydrogen-bond donors (Lipinski definition) is 1. The van der Waals surface area contributed by atoms with Crippen molar-refractivity contribution in [3.05, 3.63) is 18.0 Å². The van der Waals surface area contributed by atoms with Gasteiger partial charge in [-0.05, 0) is 18.9 Å². The van der Waals surface area contributed by atoms with E-state index in [2.05, 4.69) is 10.4 Å². The second kappa shape index (κ2) is 5.64. The molecule has 1 aliphatic heterocycles. The maximum absolute atomic E-state index is 12.4. The molecular weight excluding hydrogens is 256 g/mol. The van der Waals surface area contributed by atoms with Crippen LogP contribution in [0.25, 0.3) is 0 Å². The lowest BCUT2D eigenvalue weighted by Gasteiger charge is -2.40. The van der Waals surface area contributed by atoms with Gasteiger partial charge in [0.2, 0.25) is 11.8 Å². The predicted molar refractivity (Wildman–Crippen MR) is 74.6 cm³/mol. The van der Waals surface area contributed by atoms with Crippen LogP contribution in [0.15, 0.2) is 12.3 Å². The SMILES string of the molecule is CCC(C)C1C(=O)NC(C)C(=O)N1Cc1ccn(C)n1. The lowest BCUT2D eigenvalue weighted by molar-refractivity contribution is -0.151. The molecule has 2 heterocycles. The zero-order valence-electron chi connectivity index (χ0n) is 12.5. The molecule has 1 aromatic rings. The van der Waals surface area contributed by atoms with E-state index in [0.717, 1.165) is 12.1 Å². The molecule has 2 rings (SSSR count). The minimum absolute atomic E-state index is 0.0412. The highest BCUT2D eigenvalue weighted by Crippen LogP contribution is 2.21. The van der Waals surface area contributed by atoms with Crippen molar-refractivity contribution in [2.45, 2.75) is 45.8 Å². The van der Waals surface area contributed by atoms with Crippen molar-refractivity contribution >= 4 is 11.8 Å². The van der Waals surface area contributed by atoms with Gasteiger partial charge in [-0.3, -0.25) is 14.3 Å². The smallest absolute Gasteiger partial charge is 0.245 e. The molecule has 0 aliphatic carbocycles. The Labute approximate surface area is 119 Å². The van der Waals surface area contributed by atoms with Crippen molar-refractivity contribution in [2.24, 2.45) is 13.0 Å². The molecule has 6 nitrogen and oxygen atoms in total. The first-order valence-corrected chi connectivity index (χ1v) is 7.03. The van der Waals surface area contributed by atoms with Crippen molar-refractivity contribution in [2.75, 3.05) is 0 Å². The molecule has 20 heavy (non-hydrogen) atoms. The summed E-state index contributed by atoms with van der Waals surface area (Å²) >= 11 is 0. The quantitative estimate of drug-likeness (QED) is 0.881. The maximum Gasteiger partial charge on any atom is 0.245 e. The highest BCUT2D eigenvalue weighted by molar-refractivity contribution is 5.96. The van der Waals surface area contributed by atoms with E-state index in [1.54, 1.807) is 16.5 Å². The largest absolute Gasteiger partial charge is 0.343 e. The van der Waals surface area contributed by atoms with Crippen LogP contribution in [0.1, 0.15) is 32.9 Å². The van der Waals surface area contributed by atoms with E-state index in [4.69, 9.17) is 0 Å². The van der Waals surface area contributed by atoms with E-state index < -0.39 is 12.1 Å². The second-order valence-corrected chi connectivity index (χ2v) is 5.51. The minimum atomic E-state index is -0.466. The number of nitrogens with zero attached hydrogens (tertiary/aromatic N) is 3. The van der Waals surface area contributed by atoms with Gasteiger partial charge in [-0.15, -0.1) is 0 Å². The molecule has 3 unspecified atom stereocenters. The summed E-state index contributed by atoms with van der Waals surface area (Å²) in [5, 5.41) is 7.06. The molecule has 0 bridgehead atoms. The van der Waals surface area contributed by atoms with Gasteiger partial charge < -0.3 is 10.2 Å². The van der Waals surface area contributed by atoms with E-state index in [-0.39, 0.29) is 17.7 Å². The summed E-state index contributed by atoms with van der Waals surface area (Å²) < 4.78 is 1.70. The van der Waals surface area contributed by atoms with Gasteiger partial charge >= 0.3 is 0 Å². The Hall–Kier alpha value is -1.85. The molecule has 1 aromatic heterocycles. The van der Waals surface area contributed by atoms with Gasteiger partial charge in [0.15, 0.2) is 0 Å². The normalized spacial score (nSPS) is 24.7. The monoisotopic (exact) mass is 278 g/mol. The standard InChI is InChI=1S/C14H22N4O2/c1-5-9(2)12-13(19)15-10(3)14(20)18(12)8-11-6-7-17(4)16-11/h6-7,9-10,12H,5,8H2,1-4H3,(H,15,19). The Morgan fingerprint density at radius 1 is 1.45 bits per heavy atom. The third-order valence-electron chi connectivity index (χ3n) is 3.90. The molecule has 110 valence electrons. The van der Waals surface area contributed by atoms with Crippen molar-refractivity contribution in [3.8, 4) is 0 Å². The van der Waals surface area contributed by atoms with Crippen LogP contribution >= 0.6 is 0 Å². The zero-order valence-corrected chi connectivity index (χ0v) is 12.5. The lowest BCUT2D eigenvalue weighted by Crippen LogP contribution is -2.63. The zero-order chi connectivity index (χ0) is 14.9. The van der Waals surface area contributed by atoms with Gasteiger partial charge in [-0.25, -0.2) is 0 Å². The number of carbonyl (C=O) groups is 2. The van der Waals surface area contributed by atoms with Crippen LogP contribution in [-0.2, 0) is 23.2 Å². The van der Waals surface area contributed by atoms with Gasteiger partial charge in [-0.2, -0.15) is 5.10 Å². The average molecular weight is 278 g/mol. The van der Waals surface area contributed by atoms with Crippen LogP contribution < -0.4 is 5.32 Å². The third-order valence-corrected chi connectivity index (χ3v) is 3.90. The highest BCUT2D eigenvalue weighted by Gasteiger charge is 2.41. The summed E-state index contributed by atoms with van der Waals surface area (Å²) in [5.74, 6) is 0.0121. The summed E-state index contributed by atoms with van der Waals surface area (Å²) in [6.07, 6.45) is 2.68. The van der Waals surface area contributed by atoms with E-state index in [9.17, 15) is 9.59 Å². The van der Waals surface area contributed by atoms with E-state index in [0.29, 0.717) is 6.54 Å². The van der Waals surface area contributed by atoms with Gasteiger partial charge in [-0.1, -0.05) is 20.3 Å². The lowest BCUT2D eigenvalue weighted by atomic mass is 9.93. The molecule has 2 amide bonds. The van der Waals surface area contributed by atoms with Crippen molar-refractivity contribution in [3.63, 3.8) is 0 Å². The summed E-state index contributed by atoms with van der Waals surface area (Å²) in [7, 11) is 1.84. The van der Waals surface area contributed by atoms with Crippen molar-refractivity contribution in [1.82, 2.24) is 20.0 Å². The number of carbonyl (C=O) groups excluding carboxylic acids is 2. The summed E-state index contributed by atoms with van der Waals surface area (Å²) in [4.78, 5) is 26.3. The molecule has 0 radical (unpaired) electrons. The highest BCUT2D eigenvalue weighted by atomic mass is 16.2. The van der Waals surface area contributed by atoms with Crippen molar-refractivity contribution in [1.29, 1.82) is 0 Å². The summed E-state index contributed by atoms with van der Waals surface area (Å²) in [5.41, 5.74) is 0.802. The first kappa shape index (κ1) is 14.6. The van der Waals surface area contributed by atoms with Crippen LogP contribution in [0.2, 0.25) is 0 Å². The molecule has 0 aromatic carbocycles. The molecule has 0 spiro atoms. The van der Waals surface area contributed by atoms with Crippen LogP contribution in [0.4, 0.5) is 0 Å². The van der Waals surface area contributed by atoms with Gasteiger partial charge in [0.1, 0.15) is 12.1 Å². The number of rotatable bonds is 4. The Balaban J connectivity index is 2.26. The number of piperazine rings is 1. The first-order chi connectivity index (χ1) is 9.43. The Bertz CT molecular complexity index is 511. The fraction of sp³-hybridized carbons (Fsp3) is 0.643. The average Bonchev–Trinajstić information content (AvgIpc) is 2.80. The third kappa shape index (κ3) is 2.69. The molecule has 6 heteroatoms. The second-order valence-electron chi connectivity index (χ2n) is 5.51. The van der Waals surface area contributed by atoms with Gasteiger partial charge in [0.25, 0.3) is 0 Å². The Kier molecular flexibility index (Phi) is 4.11. The summed E-state index contributed by atoms with van der Waals surface area (Å²) in [6, 6.07) is 0.996. The van der Waals surface area contributed by atoms with E-state index in [1.165, 1.54) is 0 Å². The van der Waals surface area contributed by atoms with Crippen molar-refractivity contribution < 1.29 is 9.59 Å². The number of amides is 2. The number of aryl methyl sites for hydroxylation is 1. The van der Waals surface area contributed by atoms with Crippen LogP contribution in [0, 0.1) is 5.92 Å². The number of nitrogens with one attached hydrogen (secondary N) is 1. The minimum Gasteiger partial charge on any atom is -0.343 e. The fourth-order valence-electron chi connectivity index (χ4n) is 2.58. The maximum atomic E-state index is 12.4. The molecule has 3 atom stereocenters. The molecule has 1 saturated heterocycles. The van der Waals surface area contributed by atoms with E-state index in [1.807, 2.05) is 33.2 Å². The molecule has 1 fully saturated rings. The van der Waals surface area contributed by atoms with E-state index >= 15 is 0 Å². The van der Waals surface area contributed by atoms with Crippen LogP contribution in [0.5, 0.6) is 0 Å². The van der Waals surface area contributed by atoms with Gasteiger partial charge in [0, 0.05) is 13.2 Å². The van der Waals surface area contributed by atoms with Crippen LogP contribution in [0.3, 0.4) is 0 Å². The predicted octanol–water partition coefficient (Wildman–Crippen LogP) is 0.682. The fourth-order valence-corrected chi connectivity index (χ4v) is 2.58. The Morgan fingerprint density at radius 3 is 2.70 bits per heavy atom. The molecule has 1 N–H and O–H groups in total. The molecule has 1 aliphatic rings. The number of aromatic nitrogens is 2. The molecular formula is C14H22N4O2. The Morgan fingerprint density at radius 2 is 2.15 bits per heavy atom. The first-order valence-electron chi connectivity index (χ1n) is 7.03. The summed E-state index contributed by atoms with van der Waals surface area (Å²) in [6.45, 7) is 6.13. The molecule has 0 saturated carbocycles.